The van der Waals surface area contributed by atoms with Gasteiger partial charge in [0.2, 0.25) is 0 Å². The Hall–Kier alpha value is 3.24. The van der Waals surface area contributed by atoms with Crippen LogP contribution in [0.25, 0.3) is 0 Å². The molecule has 0 heterocycles. The zero-order chi connectivity index (χ0) is 4.50. The van der Waals surface area contributed by atoms with E-state index < -0.39 is 15.5 Å². The molecule has 35 valence electrons. The Morgan fingerprint density at radius 1 is 0.833 bits per heavy atom. The number of halogens is 4. The summed E-state index contributed by atoms with van der Waals surface area (Å²) in [6, 6.07) is 0. The predicted octanol–water partition coefficient (Wildman–Crippen LogP) is 2.76. The van der Waals surface area contributed by atoms with Crippen LogP contribution in [-0.2, 0) is 15.5 Å². The quantitative estimate of drug-likeness (QED) is 0.614. The second-order valence-corrected chi connectivity index (χ2v) is 22.8. The van der Waals surface area contributed by atoms with Gasteiger partial charge in [0, 0.05) is 35.6 Å². The summed E-state index contributed by atoms with van der Waals surface area (Å²) in [5.74, 6) is 0. The zero-order valence-corrected chi connectivity index (χ0v) is 11.7. The van der Waals surface area contributed by atoms with Crippen LogP contribution < -0.4 is 0 Å². The Labute approximate surface area is 83.0 Å². The van der Waals surface area contributed by atoms with E-state index in [9.17, 15) is 0 Å². The summed E-state index contributed by atoms with van der Waals surface area (Å²) in [4.78, 5) is 0. The third kappa shape index (κ3) is 26.9. The molecule has 6 heteroatoms. The van der Waals surface area contributed by atoms with Crippen molar-refractivity contribution in [1.82, 2.24) is 0 Å². The van der Waals surface area contributed by atoms with E-state index in [-0.39, 0.29) is 35.6 Å². The van der Waals surface area contributed by atoms with Crippen molar-refractivity contribution in [3.05, 3.63) is 0 Å². The minimum absolute atomic E-state index is 0. The molecule has 0 saturated carbocycles. The Morgan fingerprint density at radius 3 is 0.833 bits per heavy atom. The molecule has 0 bridgehead atoms. The second-order valence-electron chi connectivity index (χ2n) is 0.429. The van der Waals surface area contributed by atoms with Crippen LogP contribution in [0.15, 0.2) is 0 Å². The van der Waals surface area contributed by atoms with Crippen LogP contribution in [0.5, 0.6) is 0 Å². The molecular weight excluding hydrogens is 372 g/mol. The van der Waals surface area contributed by atoms with Gasteiger partial charge in [0.05, 0.1) is 0 Å². The van der Waals surface area contributed by atoms with Crippen molar-refractivity contribution in [2.75, 3.05) is 0 Å². The fraction of sp³-hybridized carbons (Fsp3) is 0. The summed E-state index contributed by atoms with van der Waals surface area (Å²) in [5, 5.41) is 0. The molecule has 0 spiro atoms. The maximum atomic E-state index is 5.04. The first kappa shape index (κ1) is 12.0. The molecule has 0 nitrogen and oxygen atoms in total. The van der Waals surface area contributed by atoms with Crippen molar-refractivity contribution in [1.29, 1.82) is 0 Å². The third-order valence-electron chi connectivity index (χ3n) is 0. The van der Waals surface area contributed by atoms with E-state index in [1.807, 2.05) is 0 Å². The molecule has 0 fully saturated rings. The minimum Gasteiger partial charge on any atom is 0 e. The molecule has 0 N–H and O–H groups in total. The van der Waals surface area contributed by atoms with Crippen LogP contribution in [0.4, 0.5) is 0 Å². The normalized spacial score (nSPS) is 10.0. The molecular formula is Cl4LaZr. The van der Waals surface area contributed by atoms with Gasteiger partial charge < -0.3 is 0 Å². The maximum Gasteiger partial charge on any atom is 0 e. The molecule has 6 heavy (non-hydrogen) atoms. The van der Waals surface area contributed by atoms with Gasteiger partial charge in [0.25, 0.3) is 0 Å². The van der Waals surface area contributed by atoms with Crippen molar-refractivity contribution < 1.29 is 51.1 Å². The van der Waals surface area contributed by atoms with Gasteiger partial charge in [-0.25, -0.2) is 0 Å². The first-order valence-electron chi connectivity index (χ1n) is 0.756. The summed E-state index contributed by atoms with van der Waals surface area (Å²) >= 11 is -3.29. The molecule has 0 unspecified atom stereocenters. The largest absolute Gasteiger partial charge is 0 e. The van der Waals surface area contributed by atoms with Crippen molar-refractivity contribution >= 4 is 34.1 Å². The molecule has 0 aromatic rings. The van der Waals surface area contributed by atoms with E-state index in [2.05, 4.69) is 0 Å². The van der Waals surface area contributed by atoms with Gasteiger partial charge in [-0.3, -0.25) is 0 Å². The van der Waals surface area contributed by atoms with Gasteiger partial charge in [-0.15, -0.1) is 0 Å². The van der Waals surface area contributed by atoms with Crippen LogP contribution in [0.3, 0.4) is 0 Å². The standard InChI is InChI=1S/4ClH.La.Zr/h4*1H;;/q;;;;;+4/p-4. The summed E-state index contributed by atoms with van der Waals surface area (Å²) in [6.45, 7) is 0. The zero-order valence-electron chi connectivity index (χ0n) is 2.59. The fourth-order valence-electron chi connectivity index (χ4n) is 0. The topological polar surface area (TPSA) is 0 Å². The van der Waals surface area contributed by atoms with Crippen LogP contribution >= 0.6 is 34.1 Å². The van der Waals surface area contributed by atoms with Crippen LogP contribution in [-0.4, -0.2) is 0 Å². The molecule has 0 aliphatic heterocycles. The molecule has 0 aliphatic carbocycles. The van der Waals surface area contributed by atoms with Gasteiger partial charge in [0.1, 0.15) is 0 Å². The van der Waals surface area contributed by atoms with Crippen molar-refractivity contribution in [2.24, 2.45) is 0 Å². The summed E-state index contributed by atoms with van der Waals surface area (Å²) in [7, 11) is 20.1. The van der Waals surface area contributed by atoms with Crippen molar-refractivity contribution in [3.63, 3.8) is 0 Å². The van der Waals surface area contributed by atoms with E-state index in [1.165, 1.54) is 0 Å². The summed E-state index contributed by atoms with van der Waals surface area (Å²) < 4.78 is 0. The Kier molecular flexibility index (Phi) is 10.1. The van der Waals surface area contributed by atoms with E-state index in [4.69, 9.17) is 34.1 Å². The minimum atomic E-state index is -3.29. The average Bonchev–Trinajstić information content (AvgIpc) is 0.722. The number of hydrogen-bond donors (Lipinski definition) is 0. The first-order chi connectivity index (χ1) is 2.00. The maximum absolute atomic E-state index is 5.04. The molecule has 0 saturated heterocycles. The molecule has 0 rings (SSSR count). The van der Waals surface area contributed by atoms with E-state index in [1.54, 1.807) is 0 Å². The summed E-state index contributed by atoms with van der Waals surface area (Å²) in [6.07, 6.45) is 0. The van der Waals surface area contributed by atoms with Gasteiger partial charge in [-0.2, -0.15) is 0 Å². The Bertz CT molecular complexity index is 23.0. The predicted molar refractivity (Wildman–Crippen MR) is 23.4 cm³/mol. The molecule has 0 amide bonds. The Balaban J connectivity index is 0. The molecule has 0 aliphatic rings. The van der Waals surface area contributed by atoms with Crippen molar-refractivity contribution in [3.8, 4) is 0 Å². The first-order valence-corrected chi connectivity index (χ1v) is 13.4. The monoisotopic (exact) mass is 369 g/mol. The van der Waals surface area contributed by atoms with E-state index in [0.29, 0.717) is 0 Å². The third-order valence-corrected chi connectivity index (χ3v) is 0. The van der Waals surface area contributed by atoms with Crippen molar-refractivity contribution in [2.45, 2.75) is 0 Å². The smallest absolute Gasteiger partial charge is 0 e. The summed E-state index contributed by atoms with van der Waals surface area (Å²) in [5.41, 5.74) is 0. The number of hydrogen-bond acceptors (Lipinski definition) is 0. The van der Waals surface area contributed by atoms with Crippen LogP contribution in [0.1, 0.15) is 0 Å². The Morgan fingerprint density at radius 2 is 0.833 bits per heavy atom. The SMILES string of the molecule is [Cl][Zr]([Cl])([Cl])[Cl].[La]. The van der Waals surface area contributed by atoms with E-state index >= 15 is 0 Å². The molecule has 0 aromatic heterocycles. The molecule has 0 atom stereocenters. The van der Waals surface area contributed by atoms with E-state index in [0.717, 1.165) is 0 Å². The van der Waals surface area contributed by atoms with Gasteiger partial charge >= 0.3 is 49.5 Å². The average molecular weight is 372 g/mol. The van der Waals surface area contributed by atoms with Gasteiger partial charge in [0.15, 0.2) is 0 Å². The second kappa shape index (κ2) is 5.06. The molecule has 0 aromatic carbocycles. The molecule has 1 radical (unpaired) electrons. The van der Waals surface area contributed by atoms with Gasteiger partial charge in [-0.1, -0.05) is 0 Å². The van der Waals surface area contributed by atoms with Crippen LogP contribution in [0, 0.1) is 35.6 Å². The fourth-order valence-corrected chi connectivity index (χ4v) is 0. The van der Waals surface area contributed by atoms with Gasteiger partial charge in [-0.05, 0) is 0 Å². The number of rotatable bonds is 0. The van der Waals surface area contributed by atoms with Crippen LogP contribution in [0.2, 0.25) is 0 Å².